The lowest BCUT2D eigenvalue weighted by atomic mass is 9.89. The molecule has 0 radical (unpaired) electrons. The minimum absolute atomic E-state index is 0.0705. The minimum atomic E-state index is -2.32. The Bertz CT molecular complexity index is 1450. The number of aryl methyl sites for hydroxylation is 1. The number of nitrogens with zero attached hydrogens (tertiary/aromatic N) is 3. The molecule has 1 aliphatic carbocycles. The van der Waals surface area contributed by atoms with Gasteiger partial charge in [-0.25, -0.2) is 23.4 Å². The summed E-state index contributed by atoms with van der Waals surface area (Å²) in [6.07, 6.45) is 5.08. The van der Waals surface area contributed by atoms with E-state index in [1.54, 1.807) is 24.6 Å². The van der Waals surface area contributed by atoms with Crippen molar-refractivity contribution in [1.29, 1.82) is 0 Å². The molecule has 1 saturated carbocycles. The van der Waals surface area contributed by atoms with E-state index in [0.29, 0.717) is 41.3 Å². The van der Waals surface area contributed by atoms with Crippen LogP contribution in [0.4, 0.5) is 26.4 Å². The van der Waals surface area contributed by atoms with Crippen LogP contribution in [0, 0.1) is 12.7 Å². The first-order chi connectivity index (χ1) is 17.3. The number of benzene rings is 2. The number of halogens is 1. The van der Waals surface area contributed by atoms with Gasteiger partial charge in [-0.05, 0) is 57.5 Å². The number of carbonyl (C=O) groups excluding carboxylic acids is 1. The van der Waals surface area contributed by atoms with Crippen molar-refractivity contribution >= 4 is 43.9 Å². The monoisotopic (exact) mass is 529 g/mol. The first-order valence-corrected chi connectivity index (χ1v) is 14.2. The lowest BCUT2D eigenvalue weighted by Crippen LogP contribution is -2.50. The standard InChI is InChI=1S/C26H32FN5O4S/c1-15-9-18(32-37(5,6)34)13-21-23(15)24(29-14-28-21)31-20-8-7-16(27)10-22(20)35-19-11-17(12-19)30-25(33)36-26(2,3)4/h7-10,13-14,17,19H,11-12H2,1-6H3,(H,30,33)(H,28,29,31)/t17-,19-. The Labute approximate surface area is 216 Å². The van der Waals surface area contributed by atoms with E-state index in [-0.39, 0.29) is 12.1 Å². The second kappa shape index (κ2) is 10.1. The highest BCUT2D eigenvalue weighted by Crippen LogP contribution is 2.36. The van der Waals surface area contributed by atoms with E-state index in [1.165, 1.54) is 18.5 Å². The predicted octanol–water partition coefficient (Wildman–Crippen LogP) is 5.61. The van der Waals surface area contributed by atoms with E-state index in [2.05, 4.69) is 25.0 Å². The molecule has 1 aromatic heterocycles. The van der Waals surface area contributed by atoms with Crippen molar-refractivity contribution in [1.82, 2.24) is 15.3 Å². The van der Waals surface area contributed by atoms with Crippen LogP contribution < -0.4 is 15.4 Å². The lowest BCUT2D eigenvalue weighted by Gasteiger charge is -2.36. The van der Waals surface area contributed by atoms with Gasteiger partial charge >= 0.3 is 6.09 Å². The van der Waals surface area contributed by atoms with Crippen LogP contribution >= 0.6 is 0 Å². The summed E-state index contributed by atoms with van der Waals surface area (Å²) in [6.45, 7) is 7.32. The van der Waals surface area contributed by atoms with Crippen molar-refractivity contribution < 1.29 is 22.9 Å². The third kappa shape index (κ3) is 7.06. The third-order valence-electron chi connectivity index (χ3n) is 5.55. The van der Waals surface area contributed by atoms with Gasteiger partial charge in [-0.15, -0.1) is 0 Å². The molecular formula is C26H32FN5O4S. The second-order valence-corrected chi connectivity index (χ2v) is 13.0. The van der Waals surface area contributed by atoms with E-state index >= 15 is 0 Å². The molecular weight excluding hydrogens is 497 g/mol. The molecule has 0 unspecified atom stereocenters. The number of amides is 1. The van der Waals surface area contributed by atoms with Crippen molar-refractivity contribution in [3.05, 3.63) is 48.0 Å². The maximum atomic E-state index is 14.1. The summed E-state index contributed by atoms with van der Waals surface area (Å²) in [6, 6.07) is 7.78. The maximum absolute atomic E-state index is 14.1. The molecule has 198 valence electrons. The summed E-state index contributed by atoms with van der Waals surface area (Å²) in [5.74, 6) is 0.437. The zero-order valence-electron chi connectivity index (χ0n) is 21.8. The number of hydrogen-bond donors (Lipinski definition) is 2. The number of fused-ring (bicyclic) bond motifs is 1. The van der Waals surface area contributed by atoms with Crippen molar-refractivity contribution in [2.45, 2.75) is 58.3 Å². The number of nitrogens with one attached hydrogen (secondary N) is 2. The first-order valence-electron chi connectivity index (χ1n) is 11.9. The van der Waals surface area contributed by atoms with E-state index in [1.807, 2.05) is 33.8 Å². The molecule has 37 heavy (non-hydrogen) atoms. The number of hydrogen-bond acceptors (Lipinski definition) is 8. The molecule has 3 aromatic rings. The fraction of sp³-hybridized carbons (Fsp3) is 0.423. The lowest BCUT2D eigenvalue weighted by molar-refractivity contribution is 0.0363. The van der Waals surface area contributed by atoms with Gasteiger partial charge in [-0.3, -0.25) is 0 Å². The SMILES string of the molecule is Cc1cc(N=S(C)(C)=O)cc2ncnc(Nc3ccc(F)cc3O[C@H]3C[C@H](NC(=O)OC(C)(C)C)C3)c12. The van der Waals surface area contributed by atoms with E-state index in [9.17, 15) is 13.4 Å². The van der Waals surface area contributed by atoms with Gasteiger partial charge in [0.2, 0.25) is 0 Å². The van der Waals surface area contributed by atoms with Crippen LogP contribution in [-0.4, -0.2) is 50.5 Å². The van der Waals surface area contributed by atoms with Gasteiger partial charge in [0.25, 0.3) is 0 Å². The Hall–Kier alpha value is -3.47. The molecule has 4 rings (SSSR count). The van der Waals surface area contributed by atoms with Crippen LogP contribution in [0.1, 0.15) is 39.2 Å². The van der Waals surface area contributed by atoms with Crippen molar-refractivity contribution in [3.8, 4) is 5.75 Å². The van der Waals surface area contributed by atoms with Crippen LogP contribution in [0.3, 0.4) is 0 Å². The van der Waals surface area contributed by atoms with E-state index in [0.717, 1.165) is 10.9 Å². The molecule has 1 fully saturated rings. The smallest absolute Gasteiger partial charge is 0.407 e. The van der Waals surface area contributed by atoms with Crippen LogP contribution in [0.5, 0.6) is 5.75 Å². The predicted molar refractivity (Wildman–Crippen MR) is 143 cm³/mol. The molecule has 1 heterocycles. The van der Waals surface area contributed by atoms with Gasteiger partial charge in [0.05, 0.1) is 16.9 Å². The van der Waals surface area contributed by atoms with Crippen molar-refractivity contribution in [3.63, 3.8) is 0 Å². The molecule has 11 heteroatoms. The average Bonchev–Trinajstić information content (AvgIpc) is 2.71. The number of aromatic nitrogens is 2. The minimum Gasteiger partial charge on any atom is -0.488 e. The zero-order valence-corrected chi connectivity index (χ0v) is 22.6. The molecule has 0 atom stereocenters. The normalized spacial score (nSPS) is 17.6. The summed E-state index contributed by atoms with van der Waals surface area (Å²) in [4.78, 5) is 20.7. The van der Waals surface area contributed by atoms with Crippen molar-refractivity contribution in [2.75, 3.05) is 17.8 Å². The molecule has 0 bridgehead atoms. The topological polar surface area (TPSA) is 115 Å². The molecule has 2 N–H and O–H groups in total. The number of anilines is 2. The molecule has 0 aliphatic heterocycles. The Kier molecular flexibility index (Phi) is 7.27. The number of carbonyl (C=O) groups is 1. The molecule has 9 nitrogen and oxygen atoms in total. The maximum Gasteiger partial charge on any atom is 0.407 e. The van der Waals surface area contributed by atoms with Crippen LogP contribution in [0.25, 0.3) is 10.9 Å². The van der Waals surface area contributed by atoms with Gasteiger partial charge in [-0.2, -0.15) is 4.36 Å². The molecule has 1 amide bonds. The highest BCUT2D eigenvalue weighted by atomic mass is 32.2. The second-order valence-electron chi connectivity index (χ2n) is 10.5. The summed E-state index contributed by atoms with van der Waals surface area (Å²) in [7, 11) is -2.32. The zero-order chi connectivity index (χ0) is 27.0. The fourth-order valence-corrected chi connectivity index (χ4v) is 4.65. The fourth-order valence-electron chi connectivity index (χ4n) is 4.03. The third-order valence-corrected chi connectivity index (χ3v) is 6.20. The number of alkyl carbamates (subject to hydrolysis) is 1. The van der Waals surface area contributed by atoms with Crippen LogP contribution in [0.2, 0.25) is 0 Å². The van der Waals surface area contributed by atoms with Gasteiger partial charge in [0.1, 0.15) is 35.4 Å². The molecule has 2 aromatic carbocycles. The number of ether oxygens (including phenoxy) is 2. The molecule has 0 saturated heterocycles. The van der Waals surface area contributed by atoms with Gasteiger partial charge < -0.3 is 20.1 Å². The van der Waals surface area contributed by atoms with E-state index in [4.69, 9.17) is 9.47 Å². The van der Waals surface area contributed by atoms with E-state index < -0.39 is 27.2 Å². The highest BCUT2D eigenvalue weighted by Gasteiger charge is 2.33. The van der Waals surface area contributed by atoms with Crippen LogP contribution in [0.15, 0.2) is 41.0 Å². The van der Waals surface area contributed by atoms with Gasteiger partial charge in [0.15, 0.2) is 0 Å². The van der Waals surface area contributed by atoms with Crippen LogP contribution in [-0.2, 0) is 14.5 Å². The van der Waals surface area contributed by atoms with Gasteiger partial charge in [-0.1, -0.05) is 0 Å². The highest BCUT2D eigenvalue weighted by molar-refractivity contribution is 7.92. The van der Waals surface area contributed by atoms with Crippen molar-refractivity contribution in [2.24, 2.45) is 4.36 Å². The summed E-state index contributed by atoms with van der Waals surface area (Å²) in [5, 5.41) is 6.84. The summed E-state index contributed by atoms with van der Waals surface area (Å²) >= 11 is 0. The average molecular weight is 530 g/mol. The largest absolute Gasteiger partial charge is 0.488 e. The first kappa shape index (κ1) is 26.6. The Morgan fingerprint density at radius 1 is 1.16 bits per heavy atom. The summed E-state index contributed by atoms with van der Waals surface area (Å²) < 4.78 is 41.9. The Morgan fingerprint density at radius 2 is 1.89 bits per heavy atom. The molecule has 0 spiro atoms. The summed E-state index contributed by atoms with van der Waals surface area (Å²) in [5.41, 5.74) is 2.04. The van der Waals surface area contributed by atoms with Gasteiger partial charge in [0, 0.05) is 52.6 Å². The Morgan fingerprint density at radius 3 is 2.57 bits per heavy atom. The quantitative estimate of drug-likeness (QED) is 0.426. The number of rotatable bonds is 6. The Balaban J connectivity index is 1.51. The molecule has 1 aliphatic rings.